The summed E-state index contributed by atoms with van der Waals surface area (Å²) in [6.45, 7) is 0.884. The molecule has 0 spiro atoms. The Balaban J connectivity index is 0.000000354. The standard InChI is InChI=1S/C6H11N2O.CHNS/c1-7-2-3-8(6-7)4-5-9;2-1-3/h2-3,6,9H,4-5H2,1H3;3H/q+1;/p-1. The lowest BCUT2D eigenvalue weighted by atomic mass is 10.7. The molecule has 0 bridgehead atoms. The highest BCUT2D eigenvalue weighted by Gasteiger charge is 1.95. The fraction of sp³-hybridized carbons (Fsp3) is 0.429. The SMILES string of the molecule is C[n+]1ccn(CCO)c1.N#C[S-]. The molecular formula is C7H11N3OS. The van der Waals surface area contributed by atoms with E-state index in [1.165, 1.54) is 5.40 Å². The second-order valence-electron chi connectivity index (χ2n) is 2.13. The van der Waals surface area contributed by atoms with Gasteiger partial charge < -0.3 is 17.7 Å². The monoisotopic (exact) mass is 185 g/mol. The third-order valence-electron chi connectivity index (χ3n) is 1.18. The molecule has 1 aromatic heterocycles. The van der Waals surface area contributed by atoms with E-state index in [4.69, 9.17) is 10.4 Å². The van der Waals surface area contributed by atoms with Crippen molar-refractivity contribution in [1.29, 1.82) is 5.26 Å². The smallest absolute Gasteiger partial charge is 0.243 e. The van der Waals surface area contributed by atoms with Crippen molar-refractivity contribution < 1.29 is 9.67 Å². The van der Waals surface area contributed by atoms with Crippen LogP contribution in [-0.2, 0) is 26.2 Å². The normalized spacial score (nSPS) is 8.08. The molecule has 12 heavy (non-hydrogen) atoms. The van der Waals surface area contributed by atoms with Crippen LogP contribution in [0.5, 0.6) is 0 Å². The number of aliphatic hydroxyl groups excluding tert-OH is 1. The molecule has 0 atom stereocenters. The molecule has 1 aromatic rings. The average Bonchev–Trinajstić information content (AvgIpc) is 2.38. The van der Waals surface area contributed by atoms with Gasteiger partial charge in [0.1, 0.15) is 18.9 Å². The van der Waals surface area contributed by atoms with Crippen molar-refractivity contribution in [2.75, 3.05) is 6.61 Å². The van der Waals surface area contributed by atoms with E-state index >= 15 is 0 Å². The first kappa shape index (κ1) is 10.9. The largest absolute Gasteiger partial charge is 0.696 e. The van der Waals surface area contributed by atoms with E-state index in [-0.39, 0.29) is 6.61 Å². The molecule has 0 aliphatic heterocycles. The number of aliphatic hydroxyl groups is 1. The van der Waals surface area contributed by atoms with Crippen LogP contribution < -0.4 is 4.57 Å². The van der Waals surface area contributed by atoms with Crippen molar-refractivity contribution in [3.8, 4) is 5.40 Å². The average molecular weight is 185 g/mol. The van der Waals surface area contributed by atoms with Crippen LogP contribution in [0.15, 0.2) is 18.7 Å². The maximum atomic E-state index is 8.50. The van der Waals surface area contributed by atoms with E-state index in [0.717, 1.165) is 0 Å². The second-order valence-corrected chi connectivity index (χ2v) is 2.31. The third-order valence-corrected chi connectivity index (χ3v) is 1.18. The number of hydrogen-bond acceptors (Lipinski definition) is 3. The van der Waals surface area contributed by atoms with E-state index < -0.39 is 0 Å². The Hall–Kier alpha value is -1.12. The van der Waals surface area contributed by atoms with E-state index in [0.29, 0.717) is 6.54 Å². The number of nitrogens with zero attached hydrogens (tertiary/aromatic N) is 3. The first-order chi connectivity index (χ1) is 5.74. The van der Waals surface area contributed by atoms with Gasteiger partial charge in [-0.2, -0.15) is 0 Å². The maximum absolute atomic E-state index is 8.50. The van der Waals surface area contributed by atoms with Crippen LogP contribution in [0, 0.1) is 10.7 Å². The molecule has 1 heterocycles. The summed E-state index contributed by atoms with van der Waals surface area (Å²) in [5.41, 5.74) is 0. The van der Waals surface area contributed by atoms with Crippen molar-refractivity contribution in [2.45, 2.75) is 6.54 Å². The molecule has 4 nitrogen and oxygen atoms in total. The van der Waals surface area contributed by atoms with Gasteiger partial charge in [0.15, 0.2) is 0 Å². The third kappa shape index (κ3) is 4.66. The van der Waals surface area contributed by atoms with Gasteiger partial charge in [0.05, 0.1) is 13.7 Å². The summed E-state index contributed by atoms with van der Waals surface area (Å²) in [5, 5.41) is 17.0. The van der Waals surface area contributed by atoms with Crippen molar-refractivity contribution in [3.63, 3.8) is 0 Å². The Morgan fingerprint density at radius 1 is 1.75 bits per heavy atom. The second kappa shape index (κ2) is 6.58. The van der Waals surface area contributed by atoms with Crippen molar-refractivity contribution >= 4 is 12.6 Å². The number of hydrogen-bond donors (Lipinski definition) is 1. The van der Waals surface area contributed by atoms with Crippen LogP contribution in [0.3, 0.4) is 0 Å². The van der Waals surface area contributed by atoms with Gasteiger partial charge >= 0.3 is 0 Å². The van der Waals surface area contributed by atoms with Crippen LogP contribution in [-0.4, -0.2) is 16.3 Å². The number of nitriles is 1. The van der Waals surface area contributed by atoms with E-state index in [2.05, 4.69) is 12.6 Å². The van der Waals surface area contributed by atoms with Crippen LogP contribution in [0.1, 0.15) is 0 Å². The zero-order valence-corrected chi connectivity index (χ0v) is 7.66. The van der Waals surface area contributed by atoms with Crippen LogP contribution in [0.25, 0.3) is 0 Å². The molecule has 0 aliphatic rings. The number of rotatable bonds is 2. The van der Waals surface area contributed by atoms with E-state index in [1.807, 2.05) is 34.9 Å². The summed E-state index contributed by atoms with van der Waals surface area (Å²) in [7, 11) is 1.95. The first-order valence-corrected chi connectivity index (χ1v) is 3.78. The van der Waals surface area contributed by atoms with Gasteiger partial charge in [-0.1, -0.05) is 5.40 Å². The van der Waals surface area contributed by atoms with Gasteiger partial charge in [0.2, 0.25) is 6.33 Å². The summed E-state index contributed by atoms with van der Waals surface area (Å²) in [5.74, 6) is 0. The fourth-order valence-electron chi connectivity index (χ4n) is 0.749. The Morgan fingerprint density at radius 3 is 2.67 bits per heavy atom. The highest BCUT2D eigenvalue weighted by Crippen LogP contribution is 1.80. The molecule has 0 aromatic carbocycles. The molecule has 0 fully saturated rings. The lowest BCUT2D eigenvalue weighted by molar-refractivity contribution is -0.671. The lowest BCUT2D eigenvalue weighted by Crippen LogP contribution is -2.23. The van der Waals surface area contributed by atoms with Gasteiger partial charge in [-0.3, -0.25) is 0 Å². The molecule has 5 heteroatoms. The molecule has 1 N–H and O–H groups in total. The van der Waals surface area contributed by atoms with Crippen molar-refractivity contribution in [2.24, 2.45) is 7.05 Å². The maximum Gasteiger partial charge on any atom is 0.243 e. The van der Waals surface area contributed by atoms with E-state index in [9.17, 15) is 0 Å². The summed E-state index contributed by atoms with van der Waals surface area (Å²) >= 11 is 3.70. The highest BCUT2D eigenvalue weighted by molar-refractivity contribution is 7.64. The molecule has 1 rings (SSSR count). The molecule has 0 saturated carbocycles. The predicted octanol–water partition coefficient (Wildman–Crippen LogP) is -0.681. The Labute approximate surface area is 77.1 Å². The summed E-state index contributed by atoms with van der Waals surface area (Å²) in [4.78, 5) is 0. The molecular weight excluding hydrogens is 174 g/mol. The van der Waals surface area contributed by atoms with Gasteiger partial charge in [0.25, 0.3) is 0 Å². The quantitative estimate of drug-likeness (QED) is 0.377. The Morgan fingerprint density at radius 2 is 2.33 bits per heavy atom. The predicted molar refractivity (Wildman–Crippen MR) is 45.7 cm³/mol. The number of aromatic nitrogens is 2. The highest BCUT2D eigenvalue weighted by atomic mass is 32.1. The molecule has 0 saturated heterocycles. The topological polar surface area (TPSA) is 52.8 Å². The first-order valence-electron chi connectivity index (χ1n) is 3.37. The number of imidazole rings is 1. The van der Waals surface area contributed by atoms with Crippen LogP contribution in [0.2, 0.25) is 0 Å². The molecule has 0 unspecified atom stereocenters. The van der Waals surface area contributed by atoms with Crippen molar-refractivity contribution in [1.82, 2.24) is 4.57 Å². The van der Waals surface area contributed by atoms with Gasteiger partial charge in [-0.25, -0.2) is 14.4 Å². The minimum atomic E-state index is 0.203. The molecule has 0 amide bonds. The summed E-state index contributed by atoms with van der Waals surface area (Å²) < 4.78 is 3.87. The lowest BCUT2D eigenvalue weighted by Gasteiger charge is -1.86. The minimum absolute atomic E-state index is 0.203. The Bertz CT molecular complexity index is 253. The minimum Gasteiger partial charge on any atom is -0.696 e. The number of aryl methyl sites for hydroxylation is 1. The zero-order valence-electron chi connectivity index (χ0n) is 6.84. The van der Waals surface area contributed by atoms with Gasteiger partial charge in [-0.05, 0) is 0 Å². The molecule has 0 aliphatic carbocycles. The molecule has 66 valence electrons. The van der Waals surface area contributed by atoms with Gasteiger partial charge in [0, 0.05) is 0 Å². The van der Waals surface area contributed by atoms with Crippen LogP contribution >= 0.6 is 0 Å². The van der Waals surface area contributed by atoms with Crippen LogP contribution in [0.4, 0.5) is 0 Å². The summed E-state index contributed by atoms with van der Waals surface area (Å²) in [6, 6.07) is 0. The fourth-order valence-corrected chi connectivity index (χ4v) is 0.749. The van der Waals surface area contributed by atoms with Crippen molar-refractivity contribution in [3.05, 3.63) is 18.7 Å². The van der Waals surface area contributed by atoms with E-state index in [1.54, 1.807) is 0 Å². The Kier molecular flexibility index (Phi) is 5.97. The summed E-state index contributed by atoms with van der Waals surface area (Å²) in [6.07, 6.45) is 5.79. The van der Waals surface area contributed by atoms with Gasteiger partial charge in [-0.15, -0.1) is 0 Å². The number of thiocyanates is 1. The zero-order chi connectivity index (χ0) is 9.40. The molecule has 0 radical (unpaired) electrons.